The molecule has 3 aromatic carbocycles. The van der Waals surface area contributed by atoms with Crippen molar-refractivity contribution in [2.75, 3.05) is 12.4 Å². The molecule has 0 radical (unpaired) electrons. The van der Waals surface area contributed by atoms with Gasteiger partial charge in [-0.25, -0.2) is 0 Å². The van der Waals surface area contributed by atoms with Crippen LogP contribution in [0.15, 0.2) is 54.6 Å². The number of hydrogen-bond acceptors (Lipinski definition) is 2. The van der Waals surface area contributed by atoms with E-state index < -0.39 is 0 Å². The van der Waals surface area contributed by atoms with Crippen molar-refractivity contribution in [3.63, 3.8) is 0 Å². The first-order chi connectivity index (χ1) is 12.0. The van der Waals surface area contributed by atoms with Gasteiger partial charge < -0.3 is 10.1 Å². The maximum atomic E-state index is 12.6. The van der Waals surface area contributed by atoms with Gasteiger partial charge in [0.15, 0.2) is 0 Å². The average Bonchev–Trinajstić information content (AvgIpc) is 2.59. The fourth-order valence-electron chi connectivity index (χ4n) is 2.67. The zero-order valence-electron chi connectivity index (χ0n) is 13.8. The Balaban J connectivity index is 1.82. The molecule has 1 amide bonds. The number of carbonyl (C=O) groups is 1. The van der Waals surface area contributed by atoms with Gasteiger partial charge in [-0.3, -0.25) is 4.79 Å². The Hall–Kier alpha value is -2.23. The van der Waals surface area contributed by atoms with Gasteiger partial charge in [0.1, 0.15) is 5.75 Å². The van der Waals surface area contributed by atoms with Crippen LogP contribution in [0.2, 0.25) is 10.0 Å². The summed E-state index contributed by atoms with van der Waals surface area (Å²) >= 11 is 11.9. The number of benzene rings is 3. The molecule has 0 saturated carbocycles. The third-order valence-corrected chi connectivity index (χ3v) is 4.53. The van der Waals surface area contributed by atoms with Gasteiger partial charge in [-0.05, 0) is 53.6 Å². The van der Waals surface area contributed by atoms with Gasteiger partial charge in [-0.15, -0.1) is 0 Å². The van der Waals surface area contributed by atoms with E-state index in [1.807, 2.05) is 43.3 Å². The number of anilines is 1. The highest BCUT2D eigenvalue weighted by Gasteiger charge is 2.16. The summed E-state index contributed by atoms with van der Waals surface area (Å²) in [6, 6.07) is 16.8. The Labute approximate surface area is 156 Å². The molecule has 0 saturated heterocycles. The van der Waals surface area contributed by atoms with Gasteiger partial charge >= 0.3 is 0 Å². The lowest BCUT2D eigenvalue weighted by Crippen LogP contribution is -2.18. The van der Waals surface area contributed by atoms with Gasteiger partial charge in [0, 0.05) is 15.7 Å². The Kier molecular flexibility index (Phi) is 5.16. The monoisotopic (exact) mass is 373 g/mol. The molecule has 0 aliphatic heterocycles. The fraction of sp³-hybridized carbons (Fsp3) is 0.150. The maximum absolute atomic E-state index is 12.6. The molecular formula is C20H17Cl2NO2. The summed E-state index contributed by atoms with van der Waals surface area (Å²) < 4.78 is 5.24. The first-order valence-electron chi connectivity index (χ1n) is 7.81. The van der Waals surface area contributed by atoms with Crippen LogP contribution in [0.3, 0.4) is 0 Å². The second-order valence-electron chi connectivity index (χ2n) is 5.84. The van der Waals surface area contributed by atoms with Gasteiger partial charge in [-0.1, -0.05) is 47.5 Å². The van der Waals surface area contributed by atoms with Crippen molar-refractivity contribution in [1.29, 1.82) is 0 Å². The minimum atomic E-state index is -0.316. The predicted molar refractivity (Wildman–Crippen MR) is 104 cm³/mol. The van der Waals surface area contributed by atoms with E-state index in [2.05, 4.69) is 5.32 Å². The normalized spacial score (nSPS) is 12.0. The largest absolute Gasteiger partial charge is 0.497 e. The molecule has 128 valence electrons. The number of halogens is 2. The molecule has 5 heteroatoms. The lowest BCUT2D eigenvalue weighted by Gasteiger charge is -2.14. The summed E-state index contributed by atoms with van der Waals surface area (Å²) in [5, 5.41) is 5.95. The summed E-state index contributed by atoms with van der Waals surface area (Å²) in [5.74, 6) is 0.374. The molecule has 3 nitrogen and oxygen atoms in total. The van der Waals surface area contributed by atoms with Gasteiger partial charge in [0.05, 0.1) is 13.0 Å². The molecule has 0 bridgehead atoms. The molecule has 0 aromatic heterocycles. The molecule has 0 aliphatic carbocycles. The summed E-state index contributed by atoms with van der Waals surface area (Å²) in [5.41, 5.74) is 1.52. The second kappa shape index (κ2) is 7.34. The zero-order valence-corrected chi connectivity index (χ0v) is 15.4. The van der Waals surface area contributed by atoms with Crippen molar-refractivity contribution in [2.24, 2.45) is 0 Å². The van der Waals surface area contributed by atoms with Crippen molar-refractivity contribution in [3.8, 4) is 5.75 Å². The number of carbonyl (C=O) groups excluding carboxylic acids is 1. The Bertz CT molecular complexity index is 920. The highest BCUT2D eigenvalue weighted by Crippen LogP contribution is 2.27. The van der Waals surface area contributed by atoms with Gasteiger partial charge in [0.2, 0.25) is 5.91 Å². The highest BCUT2D eigenvalue weighted by molar-refractivity contribution is 6.35. The van der Waals surface area contributed by atoms with Gasteiger partial charge in [-0.2, -0.15) is 0 Å². The number of rotatable bonds is 4. The van der Waals surface area contributed by atoms with E-state index in [4.69, 9.17) is 27.9 Å². The van der Waals surface area contributed by atoms with Crippen LogP contribution in [0.4, 0.5) is 5.69 Å². The number of fused-ring (bicyclic) bond motifs is 1. The fourth-order valence-corrected chi connectivity index (χ4v) is 3.19. The second-order valence-corrected chi connectivity index (χ2v) is 6.71. The molecule has 3 aromatic rings. The predicted octanol–water partition coefficient (Wildman–Crippen LogP) is 5.90. The lowest BCUT2D eigenvalue weighted by atomic mass is 9.97. The first-order valence-corrected chi connectivity index (χ1v) is 8.56. The SMILES string of the molecule is COc1ccc2cc([C@@H](C)C(=O)Nc3cc(Cl)cc(Cl)c3)ccc2c1. The topological polar surface area (TPSA) is 38.3 Å². The number of methoxy groups -OCH3 is 1. The van der Waals surface area contributed by atoms with Crippen molar-refractivity contribution >= 4 is 45.6 Å². The minimum Gasteiger partial charge on any atom is -0.497 e. The Morgan fingerprint density at radius 2 is 1.60 bits per heavy atom. The molecule has 0 fully saturated rings. The quantitative estimate of drug-likeness (QED) is 0.618. The summed E-state index contributed by atoms with van der Waals surface area (Å²) in [7, 11) is 1.64. The van der Waals surface area contributed by atoms with Crippen LogP contribution >= 0.6 is 23.2 Å². The Morgan fingerprint density at radius 3 is 2.28 bits per heavy atom. The van der Waals surface area contributed by atoms with E-state index in [9.17, 15) is 4.79 Å². The van der Waals surface area contributed by atoms with Crippen LogP contribution in [0.5, 0.6) is 5.75 Å². The van der Waals surface area contributed by atoms with E-state index in [1.54, 1.807) is 25.3 Å². The molecule has 1 N–H and O–H groups in total. The molecule has 0 spiro atoms. The maximum Gasteiger partial charge on any atom is 0.231 e. The molecule has 3 rings (SSSR count). The third kappa shape index (κ3) is 4.06. The van der Waals surface area contributed by atoms with E-state index >= 15 is 0 Å². The Morgan fingerprint density at radius 1 is 0.960 bits per heavy atom. The zero-order chi connectivity index (χ0) is 18.0. The van der Waals surface area contributed by atoms with E-state index in [0.717, 1.165) is 22.1 Å². The van der Waals surface area contributed by atoms with Crippen LogP contribution in [-0.4, -0.2) is 13.0 Å². The first kappa shape index (κ1) is 17.6. The number of hydrogen-bond donors (Lipinski definition) is 1. The van der Waals surface area contributed by atoms with Crippen molar-refractivity contribution in [1.82, 2.24) is 0 Å². The average molecular weight is 374 g/mol. The van der Waals surface area contributed by atoms with Gasteiger partial charge in [0.25, 0.3) is 0 Å². The number of ether oxygens (including phenoxy) is 1. The smallest absolute Gasteiger partial charge is 0.231 e. The van der Waals surface area contributed by atoms with Crippen LogP contribution in [0, 0.1) is 0 Å². The highest BCUT2D eigenvalue weighted by atomic mass is 35.5. The molecule has 0 aliphatic rings. The van der Waals surface area contributed by atoms with Crippen LogP contribution in [0.1, 0.15) is 18.4 Å². The van der Waals surface area contributed by atoms with E-state index in [1.165, 1.54) is 0 Å². The molecule has 0 heterocycles. The van der Waals surface area contributed by atoms with Crippen LogP contribution in [-0.2, 0) is 4.79 Å². The summed E-state index contributed by atoms with van der Waals surface area (Å²) in [4.78, 5) is 12.6. The summed E-state index contributed by atoms with van der Waals surface area (Å²) in [6.45, 7) is 1.87. The van der Waals surface area contributed by atoms with E-state index in [-0.39, 0.29) is 11.8 Å². The summed E-state index contributed by atoms with van der Waals surface area (Å²) in [6.07, 6.45) is 0. The molecule has 0 unspecified atom stereocenters. The van der Waals surface area contributed by atoms with Crippen LogP contribution < -0.4 is 10.1 Å². The molecular weight excluding hydrogens is 357 g/mol. The van der Waals surface area contributed by atoms with Crippen molar-refractivity contribution < 1.29 is 9.53 Å². The molecule has 1 atom stereocenters. The number of amides is 1. The van der Waals surface area contributed by atoms with E-state index in [0.29, 0.717) is 15.7 Å². The van der Waals surface area contributed by atoms with Crippen molar-refractivity contribution in [2.45, 2.75) is 12.8 Å². The standard InChI is InChI=1S/C20H17Cl2NO2/c1-12(20(24)23-18-10-16(21)9-17(22)11-18)13-3-4-15-8-19(25-2)6-5-14(15)7-13/h3-12H,1-2H3,(H,23,24)/t12-/m1/s1. The third-order valence-electron chi connectivity index (χ3n) is 4.09. The minimum absolute atomic E-state index is 0.119. The van der Waals surface area contributed by atoms with Crippen LogP contribution in [0.25, 0.3) is 10.8 Å². The number of nitrogens with one attached hydrogen (secondary N) is 1. The van der Waals surface area contributed by atoms with Crippen molar-refractivity contribution in [3.05, 3.63) is 70.2 Å². The lowest BCUT2D eigenvalue weighted by molar-refractivity contribution is -0.117. The molecule has 25 heavy (non-hydrogen) atoms.